The summed E-state index contributed by atoms with van der Waals surface area (Å²) in [5, 5.41) is 10.6. The number of methoxy groups -OCH3 is 1. The third-order valence-corrected chi connectivity index (χ3v) is 6.92. The van der Waals surface area contributed by atoms with Crippen molar-refractivity contribution in [3.05, 3.63) is 70.7 Å². The first kappa shape index (κ1) is 28.7. The molecule has 1 aliphatic rings. The topological polar surface area (TPSA) is 145 Å². The fourth-order valence-electron chi connectivity index (χ4n) is 4.54. The molecule has 0 bridgehead atoms. The van der Waals surface area contributed by atoms with Crippen LogP contribution in [0.1, 0.15) is 49.8 Å². The molecule has 0 unspecified atom stereocenters. The molecule has 13 nitrogen and oxygen atoms in total. The maximum atomic E-state index is 13.4. The second-order valence-corrected chi connectivity index (χ2v) is 11.1. The molecule has 4 heterocycles. The SMILES string of the molecule is CO[C@H]1CC[C@@H]1NC(=O)c1cnc2c(N(C)C(=O)OC(C)(C)C)cc(Nc3cccn(-c4ccc(C)nc4)c3=O)nn12. The summed E-state index contributed by atoms with van der Waals surface area (Å²) in [7, 11) is 3.15. The van der Waals surface area contributed by atoms with Gasteiger partial charge >= 0.3 is 6.09 Å². The van der Waals surface area contributed by atoms with E-state index in [1.54, 1.807) is 71.6 Å². The normalized spacial score (nSPS) is 16.5. The van der Waals surface area contributed by atoms with Gasteiger partial charge in [0.1, 0.15) is 11.3 Å². The lowest BCUT2D eigenvalue weighted by Crippen LogP contribution is -2.51. The Labute approximate surface area is 242 Å². The van der Waals surface area contributed by atoms with E-state index in [9.17, 15) is 14.4 Å². The van der Waals surface area contributed by atoms with Gasteiger partial charge in [0.25, 0.3) is 11.5 Å². The van der Waals surface area contributed by atoms with Gasteiger partial charge in [0.05, 0.1) is 35.9 Å². The van der Waals surface area contributed by atoms with Crippen LogP contribution in [0.25, 0.3) is 11.3 Å². The summed E-state index contributed by atoms with van der Waals surface area (Å²) in [6.07, 6.45) is 5.63. The molecule has 4 aromatic rings. The predicted molar refractivity (Wildman–Crippen MR) is 157 cm³/mol. The molecule has 4 aromatic heterocycles. The Morgan fingerprint density at radius 2 is 1.90 bits per heavy atom. The zero-order valence-corrected chi connectivity index (χ0v) is 24.4. The number of ether oxygens (including phenoxy) is 2. The first-order chi connectivity index (χ1) is 19.9. The van der Waals surface area contributed by atoms with Crippen molar-refractivity contribution in [2.24, 2.45) is 0 Å². The zero-order chi connectivity index (χ0) is 30.2. The van der Waals surface area contributed by atoms with Crippen LogP contribution in [-0.4, -0.2) is 68.1 Å². The Hall–Kier alpha value is -4.78. The molecule has 5 rings (SSSR count). The summed E-state index contributed by atoms with van der Waals surface area (Å²) < 4.78 is 13.8. The van der Waals surface area contributed by atoms with Crippen molar-refractivity contribution < 1.29 is 19.1 Å². The van der Waals surface area contributed by atoms with E-state index in [2.05, 4.69) is 25.7 Å². The maximum Gasteiger partial charge on any atom is 0.414 e. The van der Waals surface area contributed by atoms with Crippen molar-refractivity contribution in [1.82, 2.24) is 29.5 Å². The number of amides is 2. The van der Waals surface area contributed by atoms with E-state index in [1.807, 2.05) is 13.0 Å². The van der Waals surface area contributed by atoms with Gasteiger partial charge in [0.15, 0.2) is 17.2 Å². The number of carbonyl (C=O) groups is 2. The van der Waals surface area contributed by atoms with Crippen LogP contribution in [0.5, 0.6) is 0 Å². The van der Waals surface area contributed by atoms with Gasteiger partial charge in [-0.2, -0.15) is 0 Å². The number of nitrogens with zero attached hydrogens (tertiary/aromatic N) is 6. The molecule has 42 heavy (non-hydrogen) atoms. The summed E-state index contributed by atoms with van der Waals surface area (Å²) in [6, 6.07) is 8.41. The first-order valence-electron chi connectivity index (χ1n) is 13.6. The molecule has 2 amide bonds. The van der Waals surface area contributed by atoms with E-state index in [0.717, 1.165) is 18.5 Å². The highest BCUT2D eigenvalue weighted by Crippen LogP contribution is 2.27. The zero-order valence-electron chi connectivity index (χ0n) is 24.4. The van der Waals surface area contributed by atoms with Gasteiger partial charge in [-0.05, 0) is 64.8 Å². The smallest absolute Gasteiger partial charge is 0.414 e. The van der Waals surface area contributed by atoms with Gasteiger partial charge in [-0.15, -0.1) is 5.10 Å². The van der Waals surface area contributed by atoms with Crippen molar-refractivity contribution in [2.75, 3.05) is 24.4 Å². The van der Waals surface area contributed by atoms with Crippen molar-refractivity contribution in [2.45, 2.75) is 58.3 Å². The second kappa shape index (κ2) is 11.2. The molecular weight excluding hydrogens is 540 g/mol. The first-order valence-corrected chi connectivity index (χ1v) is 13.6. The second-order valence-electron chi connectivity index (χ2n) is 11.1. The number of rotatable bonds is 7. The lowest BCUT2D eigenvalue weighted by atomic mass is 9.89. The number of anilines is 3. The number of fused-ring (bicyclic) bond motifs is 1. The number of pyridine rings is 2. The van der Waals surface area contributed by atoms with Gasteiger partial charge in [0, 0.05) is 32.1 Å². The molecular formula is C29H34N8O5. The Bertz CT molecular complexity index is 1690. The minimum Gasteiger partial charge on any atom is -0.443 e. The van der Waals surface area contributed by atoms with E-state index < -0.39 is 17.6 Å². The van der Waals surface area contributed by atoms with E-state index in [1.165, 1.54) is 20.2 Å². The predicted octanol–water partition coefficient (Wildman–Crippen LogP) is 3.61. The van der Waals surface area contributed by atoms with E-state index >= 15 is 0 Å². The molecule has 13 heteroatoms. The lowest BCUT2D eigenvalue weighted by Gasteiger charge is -2.35. The molecule has 2 N–H and O–H groups in total. The highest BCUT2D eigenvalue weighted by molar-refractivity contribution is 5.96. The van der Waals surface area contributed by atoms with E-state index in [0.29, 0.717) is 11.4 Å². The van der Waals surface area contributed by atoms with Gasteiger partial charge < -0.3 is 20.1 Å². The van der Waals surface area contributed by atoms with Crippen LogP contribution in [0.3, 0.4) is 0 Å². The number of imidazole rings is 1. The largest absolute Gasteiger partial charge is 0.443 e. The minimum absolute atomic E-state index is 0.0591. The maximum absolute atomic E-state index is 13.4. The van der Waals surface area contributed by atoms with Crippen LogP contribution in [0.15, 0.2) is 53.7 Å². The third-order valence-electron chi connectivity index (χ3n) is 6.92. The number of carbonyl (C=O) groups excluding carboxylic acids is 2. The van der Waals surface area contributed by atoms with Crippen molar-refractivity contribution in [1.29, 1.82) is 0 Å². The Morgan fingerprint density at radius 1 is 1.12 bits per heavy atom. The summed E-state index contributed by atoms with van der Waals surface area (Å²) >= 11 is 0. The summed E-state index contributed by atoms with van der Waals surface area (Å²) in [5.74, 6) is -0.186. The molecule has 1 aliphatic carbocycles. The highest BCUT2D eigenvalue weighted by Gasteiger charge is 2.33. The van der Waals surface area contributed by atoms with Crippen LogP contribution in [0.2, 0.25) is 0 Å². The van der Waals surface area contributed by atoms with Crippen LogP contribution in [0.4, 0.5) is 22.0 Å². The monoisotopic (exact) mass is 574 g/mol. The molecule has 1 saturated carbocycles. The fourth-order valence-corrected chi connectivity index (χ4v) is 4.54. The van der Waals surface area contributed by atoms with Crippen LogP contribution >= 0.6 is 0 Å². The quantitative estimate of drug-likeness (QED) is 0.338. The van der Waals surface area contributed by atoms with Gasteiger partial charge in [0.2, 0.25) is 0 Å². The summed E-state index contributed by atoms with van der Waals surface area (Å²) in [4.78, 5) is 49.7. The Kier molecular flexibility index (Phi) is 7.69. The van der Waals surface area contributed by atoms with Crippen molar-refractivity contribution in [3.8, 4) is 5.69 Å². The van der Waals surface area contributed by atoms with Gasteiger partial charge in [-0.3, -0.25) is 24.0 Å². The summed E-state index contributed by atoms with van der Waals surface area (Å²) in [6.45, 7) is 7.17. The highest BCUT2D eigenvalue weighted by atomic mass is 16.6. The lowest BCUT2D eigenvalue weighted by molar-refractivity contribution is 0.00718. The third kappa shape index (κ3) is 5.81. The molecule has 220 valence electrons. The number of nitrogens with one attached hydrogen (secondary N) is 2. The fraction of sp³-hybridized carbons (Fsp3) is 0.379. The summed E-state index contributed by atoms with van der Waals surface area (Å²) in [5.41, 5.74) is 1.30. The van der Waals surface area contributed by atoms with E-state index in [4.69, 9.17) is 9.47 Å². The molecule has 0 saturated heterocycles. The molecule has 1 fully saturated rings. The minimum atomic E-state index is -0.739. The molecule has 0 radical (unpaired) electrons. The average molecular weight is 575 g/mol. The van der Waals surface area contributed by atoms with Gasteiger partial charge in [-0.1, -0.05) is 0 Å². The number of hydrogen-bond acceptors (Lipinski definition) is 9. The van der Waals surface area contributed by atoms with E-state index in [-0.39, 0.29) is 40.6 Å². The molecule has 2 atom stereocenters. The van der Waals surface area contributed by atoms with Crippen molar-refractivity contribution in [3.63, 3.8) is 0 Å². The molecule has 0 aromatic carbocycles. The molecule has 0 spiro atoms. The number of hydrogen-bond donors (Lipinski definition) is 2. The van der Waals surface area contributed by atoms with Crippen LogP contribution in [-0.2, 0) is 9.47 Å². The number of aryl methyl sites for hydroxylation is 1. The Morgan fingerprint density at radius 3 is 2.55 bits per heavy atom. The average Bonchev–Trinajstić information content (AvgIpc) is 3.35. The number of aromatic nitrogens is 5. The molecule has 0 aliphatic heterocycles. The van der Waals surface area contributed by atoms with Crippen molar-refractivity contribution >= 4 is 34.8 Å². The van der Waals surface area contributed by atoms with Crippen LogP contribution in [0, 0.1) is 6.92 Å². The Balaban J connectivity index is 1.55. The van der Waals surface area contributed by atoms with Gasteiger partial charge in [-0.25, -0.2) is 14.3 Å². The van der Waals surface area contributed by atoms with Crippen LogP contribution < -0.4 is 21.1 Å². The standard InChI is InChI=1S/C29H34N8O5/c1-17-9-10-18(15-30-17)36-13-7-8-20(27(36)39)32-24-14-21(35(5)28(40)42-29(2,3)4)25-31-16-22(37(25)34-24)26(38)33-19-11-12-23(19)41-6/h7-10,13-16,19,23H,11-12H2,1-6H3,(H,32,34)(H,33,38)/t19-,23-/m0/s1.